The van der Waals surface area contributed by atoms with Crippen molar-refractivity contribution in [3.63, 3.8) is 0 Å². The van der Waals surface area contributed by atoms with E-state index in [0.717, 1.165) is 5.56 Å². The number of carboxylic acids is 1. The van der Waals surface area contributed by atoms with E-state index in [-0.39, 0.29) is 17.9 Å². The normalized spacial score (nSPS) is 15.4. The Morgan fingerprint density at radius 1 is 1.11 bits per heavy atom. The molecule has 0 aliphatic carbocycles. The highest BCUT2D eigenvalue weighted by Gasteiger charge is 2.69. The van der Waals surface area contributed by atoms with Crippen molar-refractivity contribution in [2.75, 3.05) is 0 Å². The van der Waals surface area contributed by atoms with Gasteiger partial charge in [0.05, 0.1) is 11.4 Å². The maximum Gasteiger partial charge on any atom is 0.527 e. The second kappa shape index (κ2) is 9.94. The second-order valence-electron chi connectivity index (χ2n) is 9.16. The van der Waals surface area contributed by atoms with E-state index < -0.39 is 30.6 Å². The number of aliphatic carboxylic acids is 1. The summed E-state index contributed by atoms with van der Waals surface area (Å²) in [5, 5.41) is 19.7. The van der Waals surface area contributed by atoms with Crippen LogP contribution in [0.5, 0.6) is 0 Å². The van der Waals surface area contributed by atoms with Crippen molar-refractivity contribution in [3.05, 3.63) is 77.2 Å². The zero-order valence-electron chi connectivity index (χ0n) is 20.4. The fourth-order valence-electron chi connectivity index (χ4n) is 4.71. The van der Waals surface area contributed by atoms with Crippen molar-refractivity contribution in [3.8, 4) is 22.4 Å². The predicted octanol–water partition coefficient (Wildman–Crippen LogP) is 6.16. The molecule has 184 valence electrons. The number of aliphatic hydroxyl groups is 1. The minimum atomic E-state index is -3.36. The van der Waals surface area contributed by atoms with E-state index in [1.165, 1.54) is 26.0 Å². The van der Waals surface area contributed by atoms with Crippen molar-refractivity contribution in [2.24, 2.45) is 0 Å². The molecule has 0 spiro atoms. The Morgan fingerprint density at radius 3 is 2.23 bits per heavy atom. The van der Waals surface area contributed by atoms with Gasteiger partial charge < -0.3 is 10.2 Å². The molecule has 35 heavy (non-hydrogen) atoms. The monoisotopic (exact) mass is 498 g/mol. The molecule has 2 aromatic carbocycles. The summed E-state index contributed by atoms with van der Waals surface area (Å²) < 4.78 is 26.6. The number of carbonyl (C=O) groups is 1. The zero-order chi connectivity index (χ0) is 26.1. The van der Waals surface area contributed by atoms with E-state index in [4.69, 9.17) is 4.98 Å². The third kappa shape index (κ3) is 4.52. The SMILES string of the molecule is CCC(C(=O)O)([P+](=O)O)C(C)(O)c1c(-c2ccc(F)cc2C)cc(-c2ccccc2)nc1C(C)C. The van der Waals surface area contributed by atoms with Crippen LogP contribution in [0.4, 0.5) is 4.39 Å². The second-order valence-corrected chi connectivity index (χ2v) is 10.5. The Labute approximate surface area is 205 Å². The van der Waals surface area contributed by atoms with Crippen LogP contribution in [0.25, 0.3) is 22.4 Å². The molecule has 0 amide bonds. The van der Waals surface area contributed by atoms with Crippen LogP contribution in [0.2, 0.25) is 0 Å². The van der Waals surface area contributed by atoms with E-state index >= 15 is 0 Å². The summed E-state index contributed by atoms with van der Waals surface area (Å²) in [4.78, 5) is 27.5. The van der Waals surface area contributed by atoms with Gasteiger partial charge in [0.15, 0.2) is 5.60 Å². The van der Waals surface area contributed by atoms with Crippen LogP contribution in [0.15, 0.2) is 54.6 Å². The number of nitrogens with zero attached hydrogens (tertiary/aromatic N) is 1. The molecule has 0 aliphatic heterocycles. The summed E-state index contributed by atoms with van der Waals surface area (Å²) in [6, 6.07) is 15.3. The number of benzene rings is 2. The Balaban J connectivity index is 2.54. The van der Waals surface area contributed by atoms with Gasteiger partial charge in [-0.1, -0.05) is 57.2 Å². The first-order chi connectivity index (χ1) is 16.4. The standard InChI is InChI=1S/C27H29FNO5P/c1-6-27(25(30)31,35(33)34)26(5,32)23-21(20-13-12-19(28)14-17(20)4)15-22(29-24(23)16(2)3)18-10-8-7-9-11-18/h7-16,32H,6H2,1-5H3,(H-,30,31,33,34)/p+1. The summed E-state index contributed by atoms with van der Waals surface area (Å²) >= 11 is 0. The maximum absolute atomic E-state index is 14.0. The number of hydrogen-bond acceptors (Lipinski definition) is 4. The lowest BCUT2D eigenvalue weighted by Gasteiger charge is -2.36. The number of rotatable bonds is 8. The molecule has 0 aliphatic rings. The van der Waals surface area contributed by atoms with E-state index in [0.29, 0.717) is 28.1 Å². The van der Waals surface area contributed by atoms with Crippen molar-refractivity contribution in [1.82, 2.24) is 4.98 Å². The molecule has 1 heterocycles. The van der Waals surface area contributed by atoms with Gasteiger partial charge in [-0.3, -0.25) is 4.98 Å². The molecule has 6 nitrogen and oxygen atoms in total. The van der Waals surface area contributed by atoms with Crippen molar-refractivity contribution in [2.45, 2.75) is 57.7 Å². The van der Waals surface area contributed by atoms with Gasteiger partial charge in [-0.25, -0.2) is 9.18 Å². The Kier molecular flexibility index (Phi) is 7.56. The predicted molar refractivity (Wildman–Crippen MR) is 134 cm³/mol. The first kappa shape index (κ1) is 26.6. The van der Waals surface area contributed by atoms with Gasteiger partial charge >= 0.3 is 19.2 Å². The minimum Gasteiger partial charge on any atom is -0.477 e. The number of pyridine rings is 1. The molecule has 3 atom stereocenters. The first-order valence-electron chi connectivity index (χ1n) is 11.4. The molecular formula is C27H30FNO5P+. The fraction of sp³-hybridized carbons (Fsp3) is 0.333. The summed E-state index contributed by atoms with van der Waals surface area (Å²) in [7, 11) is -3.36. The van der Waals surface area contributed by atoms with Crippen LogP contribution >= 0.6 is 8.03 Å². The third-order valence-corrected chi connectivity index (χ3v) is 8.22. The highest BCUT2D eigenvalue weighted by atomic mass is 31.1. The molecule has 0 saturated carbocycles. The van der Waals surface area contributed by atoms with Crippen molar-refractivity contribution < 1.29 is 28.9 Å². The maximum atomic E-state index is 14.0. The number of halogens is 1. The number of aromatic nitrogens is 1. The van der Waals surface area contributed by atoms with E-state index in [2.05, 4.69) is 0 Å². The van der Waals surface area contributed by atoms with Crippen LogP contribution in [-0.4, -0.2) is 31.2 Å². The molecule has 0 radical (unpaired) electrons. The number of carboxylic acid groups (broad SMARTS) is 1. The van der Waals surface area contributed by atoms with Gasteiger partial charge in [0.2, 0.25) is 0 Å². The average molecular weight is 499 g/mol. The fourth-order valence-corrected chi connectivity index (χ4v) is 5.62. The topological polar surface area (TPSA) is 108 Å². The molecule has 0 fully saturated rings. The summed E-state index contributed by atoms with van der Waals surface area (Å²) in [6.07, 6.45) is -0.305. The molecule has 3 rings (SSSR count). The minimum absolute atomic E-state index is 0.142. The quantitative estimate of drug-likeness (QED) is 0.321. The van der Waals surface area contributed by atoms with E-state index in [1.54, 1.807) is 19.1 Å². The van der Waals surface area contributed by atoms with E-state index in [9.17, 15) is 28.9 Å². The van der Waals surface area contributed by atoms with Gasteiger partial charge in [0.1, 0.15) is 5.82 Å². The van der Waals surface area contributed by atoms with E-state index in [1.807, 2.05) is 44.2 Å². The number of hydrogen-bond donors (Lipinski definition) is 3. The van der Waals surface area contributed by atoms with Crippen LogP contribution in [-0.2, 0) is 15.0 Å². The van der Waals surface area contributed by atoms with Gasteiger partial charge in [-0.2, -0.15) is 4.89 Å². The number of aryl methyl sites for hydroxylation is 1. The third-order valence-electron chi connectivity index (χ3n) is 6.63. The Hall–Kier alpha value is -2.99. The molecule has 8 heteroatoms. The smallest absolute Gasteiger partial charge is 0.477 e. The lowest BCUT2D eigenvalue weighted by atomic mass is 9.74. The molecule has 3 aromatic rings. The molecule has 1 aromatic heterocycles. The largest absolute Gasteiger partial charge is 0.527 e. The highest BCUT2D eigenvalue weighted by molar-refractivity contribution is 7.41. The molecular weight excluding hydrogens is 468 g/mol. The Morgan fingerprint density at radius 2 is 1.74 bits per heavy atom. The zero-order valence-corrected chi connectivity index (χ0v) is 21.3. The lowest BCUT2D eigenvalue weighted by Crippen LogP contribution is -2.53. The van der Waals surface area contributed by atoms with Gasteiger partial charge in [0, 0.05) is 17.5 Å². The molecule has 3 N–H and O–H groups in total. The average Bonchev–Trinajstić information content (AvgIpc) is 2.78. The molecule has 0 saturated heterocycles. The van der Waals surface area contributed by atoms with Crippen LogP contribution < -0.4 is 0 Å². The van der Waals surface area contributed by atoms with Gasteiger partial charge in [0.25, 0.3) is 0 Å². The van der Waals surface area contributed by atoms with Crippen LogP contribution in [0.1, 0.15) is 56.9 Å². The molecule has 3 unspecified atom stereocenters. The Bertz CT molecular complexity index is 1260. The van der Waals surface area contributed by atoms with Gasteiger partial charge in [-0.15, -0.1) is 0 Å². The summed E-state index contributed by atoms with van der Waals surface area (Å²) in [5.41, 5.74) is 1.18. The van der Waals surface area contributed by atoms with Crippen LogP contribution in [0.3, 0.4) is 0 Å². The van der Waals surface area contributed by atoms with Crippen molar-refractivity contribution in [1.29, 1.82) is 0 Å². The first-order valence-corrected chi connectivity index (χ1v) is 12.6. The summed E-state index contributed by atoms with van der Waals surface area (Å²) in [6.45, 7) is 8.12. The lowest BCUT2D eigenvalue weighted by molar-refractivity contribution is -0.149. The van der Waals surface area contributed by atoms with Crippen molar-refractivity contribution >= 4 is 14.0 Å². The van der Waals surface area contributed by atoms with Gasteiger partial charge in [-0.05, 0) is 59.2 Å². The molecule has 0 bridgehead atoms. The van der Waals surface area contributed by atoms with Crippen LogP contribution in [0, 0.1) is 12.7 Å². The highest BCUT2D eigenvalue weighted by Crippen LogP contribution is 2.54. The summed E-state index contributed by atoms with van der Waals surface area (Å²) in [5.74, 6) is -2.30.